The summed E-state index contributed by atoms with van der Waals surface area (Å²) in [6, 6.07) is -0.0593. The summed E-state index contributed by atoms with van der Waals surface area (Å²) in [6.07, 6.45) is 3.23. The zero-order valence-corrected chi connectivity index (χ0v) is 13.6. The van der Waals surface area contributed by atoms with Crippen LogP contribution in [0.15, 0.2) is 0 Å². The predicted molar refractivity (Wildman–Crippen MR) is 81.2 cm³/mol. The van der Waals surface area contributed by atoms with Gasteiger partial charge in [-0.1, -0.05) is 25.6 Å². The average molecular weight is 295 g/mol. The molecule has 1 saturated heterocycles. The van der Waals surface area contributed by atoms with Gasteiger partial charge >= 0.3 is 6.09 Å². The number of piperidine rings is 1. The maximum absolute atomic E-state index is 11.4. The second-order valence-corrected chi connectivity index (χ2v) is 11.9. The molecule has 0 radical (unpaired) electrons. The maximum atomic E-state index is 11.4. The first-order valence-electron chi connectivity index (χ1n) is 7.49. The lowest BCUT2D eigenvalue weighted by Gasteiger charge is -2.48. The Morgan fingerprint density at radius 2 is 2.00 bits per heavy atom. The SMILES string of the molecule is C[Si](C)(C)C#CC1(O)CCCC2C1CCCN2C(=O)O. The molecule has 3 unspecified atom stereocenters. The van der Waals surface area contributed by atoms with Crippen LogP contribution in [0.4, 0.5) is 4.79 Å². The molecule has 0 aromatic carbocycles. The molecule has 0 bridgehead atoms. The molecule has 112 valence electrons. The molecule has 5 heteroatoms. The second kappa shape index (κ2) is 5.42. The van der Waals surface area contributed by atoms with Crippen LogP contribution in [0.2, 0.25) is 19.6 Å². The number of rotatable bonds is 0. The Labute approximate surface area is 122 Å². The summed E-state index contributed by atoms with van der Waals surface area (Å²) in [7, 11) is -1.53. The third-order valence-corrected chi connectivity index (χ3v) is 5.22. The van der Waals surface area contributed by atoms with Crippen molar-refractivity contribution < 1.29 is 15.0 Å². The Bertz CT molecular complexity index is 448. The van der Waals surface area contributed by atoms with Gasteiger partial charge in [0.25, 0.3) is 0 Å². The fourth-order valence-electron chi connectivity index (χ4n) is 3.43. The molecule has 2 rings (SSSR count). The van der Waals surface area contributed by atoms with E-state index in [9.17, 15) is 15.0 Å². The van der Waals surface area contributed by atoms with E-state index in [4.69, 9.17) is 0 Å². The van der Waals surface area contributed by atoms with E-state index in [2.05, 4.69) is 31.1 Å². The van der Waals surface area contributed by atoms with Crippen LogP contribution in [0.25, 0.3) is 0 Å². The minimum absolute atomic E-state index is 0.0232. The van der Waals surface area contributed by atoms with Gasteiger partial charge in [-0.25, -0.2) is 4.79 Å². The zero-order valence-electron chi connectivity index (χ0n) is 12.6. The van der Waals surface area contributed by atoms with Crippen molar-refractivity contribution in [2.75, 3.05) is 6.54 Å². The van der Waals surface area contributed by atoms with Crippen LogP contribution in [0.1, 0.15) is 32.1 Å². The van der Waals surface area contributed by atoms with E-state index < -0.39 is 19.8 Å². The van der Waals surface area contributed by atoms with Gasteiger partial charge in [0, 0.05) is 18.5 Å². The number of hydrogen-bond acceptors (Lipinski definition) is 2. The quantitative estimate of drug-likeness (QED) is 0.533. The highest BCUT2D eigenvalue weighted by Gasteiger charge is 2.48. The van der Waals surface area contributed by atoms with Crippen molar-refractivity contribution in [3.8, 4) is 11.5 Å². The van der Waals surface area contributed by atoms with Crippen molar-refractivity contribution in [3.05, 3.63) is 0 Å². The van der Waals surface area contributed by atoms with Gasteiger partial charge in [-0.3, -0.25) is 0 Å². The number of amides is 1. The van der Waals surface area contributed by atoms with Crippen molar-refractivity contribution in [1.82, 2.24) is 4.90 Å². The van der Waals surface area contributed by atoms with Crippen LogP contribution < -0.4 is 0 Å². The van der Waals surface area contributed by atoms with Crippen molar-refractivity contribution in [1.29, 1.82) is 0 Å². The van der Waals surface area contributed by atoms with Gasteiger partial charge in [0.15, 0.2) is 0 Å². The highest BCUT2D eigenvalue weighted by Crippen LogP contribution is 2.41. The van der Waals surface area contributed by atoms with E-state index >= 15 is 0 Å². The molecule has 2 aliphatic rings. The largest absolute Gasteiger partial charge is 0.465 e. The minimum atomic E-state index is -1.53. The van der Waals surface area contributed by atoms with E-state index in [-0.39, 0.29) is 12.0 Å². The highest BCUT2D eigenvalue weighted by atomic mass is 28.3. The molecule has 2 fully saturated rings. The lowest BCUT2D eigenvalue weighted by Crippen LogP contribution is -2.57. The third-order valence-electron chi connectivity index (χ3n) is 4.35. The molecule has 4 nitrogen and oxygen atoms in total. The minimum Gasteiger partial charge on any atom is -0.465 e. The first-order valence-corrected chi connectivity index (χ1v) is 11.0. The third kappa shape index (κ3) is 3.18. The Morgan fingerprint density at radius 1 is 1.30 bits per heavy atom. The first kappa shape index (κ1) is 15.4. The smallest absolute Gasteiger partial charge is 0.407 e. The normalized spacial score (nSPS) is 33.9. The van der Waals surface area contributed by atoms with Crippen molar-refractivity contribution in [3.63, 3.8) is 0 Å². The van der Waals surface area contributed by atoms with Crippen molar-refractivity contribution >= 4 is 14.2 Å². The Kier molecular flexibility index (Phi) is 4.17. The summed E-state index contributed by atoms with van der Waals surface area (Å²) in [5.74, 6) is 3.12. The van der Waals surface area contributed by atoms with Crippen molar-refractivity contribution in [2.24, 2.45) is 5.92 Å². The van der Waals surface area contributed by atoms with Gasteiger partial charge < -0.3 is 15.1 Å². The van der Waals surface area contributed by atoms with E-state index in [1.54, 1.807) is 0 Å². The number of aliphatic hydroxyl groups is 1. The molecule has 1 heterocycles. The number of carbonyl (C=O) groups is 1. The second-order valence-electron chi connectivity index (χ2n) is 7.11. The van der Waals surface area contributed by atoms with Gasteiger partial charge in [0.1, 0.15) is 13.7 Å². The summed E-state index contributed by atoms with van der Waals surface area (Å²) in [6.45, 7) is 7.07. The van der Waals surface area contributed by atoms with Crippen LogP contribution in [-0.4, -0.2) is 47.5 Å². The number of hydrogen-bond donors (Lipinski definition) is 2. The van der Waals surface area contributed by atoms with E-state index in [1.807, 2.05) is 0 Å². The molecule has 0 aromatic rings. The molecular weight excluding hydrogens is 270 g/mol. The van der Waals surface area contributed by atoms with Gasteiger partial charge in [-0.05, 0) is 32.1 Å². The zero-order chi connectivity index (χ0) is 15.0. The fourth-order valence-corrected chi connectivity index (χ4v) is 4.02. The standard InChI is InChI=1S/C15H25NO3Si/c1-20(2,3)11-9-15(19)8-4-7-13-12(15)6-5-10-16(13)14(17)18/h12-13,19H,4-8,10H2,1-3H3,(H,17,18). The van der Waals surface area contributed by atoms with E-state index in [0.717, 1.165) is 25.7 Å². The van der Waals surface area contributed by atoms with E-state index in [1.165, 1.54) is 4.90 Å². The van der Waals surface area contributed by atoms with Crippen LogP contribution in [0.5, 0.6) is 0 Å². The van der Waals surface area contributed by atoms with Gasteiger partial charge in [0.2, 0.25) is 0 Å². The monoisotopic (exact) mass is 295 g/mol. The van der Waals surface area contributed by atoms with Crippen LogP contribution in [0.3, 0.4) is 0 Å². The molecule has 1 amide bonds. The summed E-state index contributed by atoms with van der Waals surface area (Å²) >= 11 is 0. The van der Waals surface area contributed by atoms with Crippen LogP contribution in [-0.2, 0) is 0 Å². The van der Waals surface area contributed by atoms with E-state index in [0.29, 0.717) is 13.0 Å². The molecule has 1 saturated carbocycles. The van der Waals surface area contributed by atoms with Crippen molar-refractivity contribution in [2.45, 2.75) is 63.4 Å². The molecule has 20 heavy (non-hydrogen) atoms. The molecule has 0 aromatic heterocycles. The van der Waals surface area contributed by atoms with Crippen LogP contribution >= 0.6 is 0 Å². The Balaban J connectivity index is 2.26. The fraction of sp³-hybridized carbons (Fsp3) is 0.800. The van der Waals surface area contributed by atoms with Gasteiger partial charge in [0.05, 0.1) is 0 Å². The number of fused-ring (bicyclic) bond motifs is 1. The molecule has 3 atom stereocenters. The Morgan fingerprint density at radius 3 is 2.60 bits per heavy atom. The number of carboxylic acid groups (broad SMARTS) is 1. The number of nitrogens with zero attached hydrogens (tertiary/aromatic N) is 1. The average Bonchev–Trinajstić information content (AvgIpc) is 2.35. The molecule has 0 spiro atoms. The maximum Gasteiger partial charge on any atom is 0.407 e. The lowest BCUT2D eigenvalue weighted by atomic mass is 9.68. The number of likely N-dealkylation sites (tertiary alicyclic amines) is 1. The summed E-state index contributed by atoms with van der Waals surface area (Å²) in [4.78, 5) is 12.9. The van der Waals surface area contributed by atoms with Crippen LogP contribution in [0, 0.1) is 17.4 Å². The molecule has 2 N–H and O–H groups in total. The predicted octanol–water partition coefficient (Wildman–Crippen LogP) is 2.54. The molecule has 1 aliphatic carbocycles. The topological polar surface area (TPSA) is 60.8 Å². The summed E-state index contributed by atoms with van der Waals surface area (Å²) < 4.78 is 0. The highest BCUT2D eigenvalue weighted by molar-refractivity contribution is 6.83. The summed E-state index contributed by atoms with van der Waals surface area (Å²) in [5, 5.41) is 20.3. The summed E-state index contributed by atoms with van der Waals surface area (Å²) in [5.41, 5.74) is 2.29. The van der Waals surface area contributed by atoms with Gasteiger partial charge in [-0.2, -0.15) is 0 Å². The molecular formula is C15H25NO3Si. The Hall–Kier alpha value is -0.993. The molecule has 1 aliphatic heterocycles. The first-order chi connectivity index (χ1) is 9.23. The lowest BCUT2D eigenvalue weighted by molar-refractivity contribution is -0.0611. The van der Waals surface area contributed by atoms with Gasteiger partial charge in [-0.15, -0.1) is 5.54 Å².